The van der Waals surface area contributed by atoms with Gasteiger partial charge in [0.05, 0.1) is 18.6 Å². The maximum Gasteiger partial charge on any atom is 0.152 e. The number of rotatable bonds is 10. The summed E-state index contributed by atoms with van der Waals surface area (Å²) in [5.74, 6) is 1.20. The second-order valence-electron chi connectivity index (χ2n) is 5.20. The van der Waals surface area contributed by atoms with Crippen LogP contribution < -0.4 is 10.1 Å². The van der Waals surface area contributed by atoms with Crippen LogP contribution in [-0.2, 0) is 9.84 Å². The fraction of sp³-hybridized carbons (Fsp3) is 0.625. The highest BCUT2D eigenvalue weighted by molar-refractivity contribution is 7.91. The van der Waals surface area contributed by atoms with E-state index in [4.69, 9.17) is 4.74 Å². The second kappa shape index (κ2) is 9.05. The van der Waals surface area contributed by atoms with E-state index in [2.05, 4.69) is 12.2 Å². The zero-order valence-corrected chi connectivity index (χ0v) is 14.1. The Morgan fingerprint density at radius 2 is 1.81 bits per heavy atom. The van der Waals surface area contributed by atoms with E-state index in [-0.39, 0.29) is 17.5 Å². The monoisotopic (exact) mass is 313 g/mol. The van der Waals surface area contributed by atoms with E-state index in [0.29, 0.717) is 0 Å². The summed E-state index contributed by atoms with van der Waals surface area (Å²) < 4.78 is 29.6. The number of unbranched alkanes of at least 4 members (excludes halogenated alkanes) is 2. The van der Waals surface area contributed by atoms with Crippen molar-refractivity contribution in [2.75, 3.05) is 25.2 Å². The molecule has 0 aliphatic carbocycles. The van der Waals surface area contributed by atoms with Gasteiger partial charge in [0.25, 0.3) is 0 Å². The molecule has 0 bridgehead atoms. The normalized spacial score (nSPS) is 13.1. The van der Waals surface area contributed by atoms with Crippen LogP contribution in [0.1, 0.15) is 44.7 Å². The van der Waals surface area contributed by atoms with E-state index in [9.17, 15) is 8.42 Å². The highest BCUT2D eigenvalue weighted by Crippen LogP contribution is 2.20. The fourth-order valence-corrected chi connectivity index (χ4v) is 3.89. The van der Waals surface area contributed by atoms with Crippen LogP contribution in [0.5, 0.6) is 5.75 Å². The molecule has 1 rings (SSSR count). The maximum absolute atomic E-state index is 12.2. The average molecular weight is 313 g/mol. The molecular formula is C16H27NO3S. The maximum atomic E-state index is 12.2. The summed E-state index contributed by atoms with van der Waals surface area (Å²) in [5, 5.41) is 3.26. The van der Waals surface area contributed by atoms with E-state index in [1.807, 2.05) is 31.2 Å². The van der Waals surface area contributed by atoms with Crippen LogP contribution in [0.3, 0.4) is 0 Å². The topological polar surface area (TPSA) is 55.4 Å². The van der Waals surface area contributed by atoms with Crippen LogP contribution in [0.2, 0.25) is 0 Å². The van der Waals surface area contributed by atoms with E-state index >= 15 is 0 Å². The molecule has 0 radical (unpaired) electrons. The molecular weight excluding hydrogens is 286 g/mol. The molecule has 1 aromatic rings. The molecule has 0 fully saturated rings. The number of hydrogen-bond acceptors (Lipinski definition) is 4. The van der Waals surface area contributed by atoms with Crippen molar-refractivity contribution in [2.24, 2.45) is 0 Å². The van der Waals surface area contributed by atoms with Gasteiger partial charge in [-0.25, -0.2) is 8.42 Å². The highest BCUT2D eigenvalue weighted by Gasteiger charge is 2.19. The van der Waals surface area contributed by atoms with Gasteiger partial charge in [-0.1, -0.05) is 38.8 Å². The third kappa shape index (κ3) is 6.48. The first kappa shape index (κ1) is 18.0. The van der Waals surface area contributed by atoms with E-state index in [1.54, 1.807) is 7.11 Å². The third-order valence-electron chi connectivity index (χ3n) is 3.45. The minimum Gasteiger partial charge on any atom is -0.497 e. The van der Waals surface area contributed by atoms with Crippen LogP contribution in [0.15, 0.2) is 24.3 Å². The molecule has 4 nitrogen and oxygen atoms in total. The Kier molecular flexibility index (Phi) is 7.75. The van der Waals surface area contributed by atoms with E-state index < -0.39 is 9.84 Å². The van der Waals surface area contributed by atoms with Crippen molar-refractivity contribution in [3.63, 3.8) is 0 Å². The van der Waals surface area contributed by atoms with Gasteiger partial charge in [-0.05, 0) is 30.7 Å². The average Bonchev–Trinajstić information content (AvgIpc) is 2.47. The molecule has 21 heavy (non-hydrogen) atoms. The van der Waals surface area contributed by atoms with Crippen molar-refractivity contribution in [3.8, 4) is 5.75 Å². The lowest BCUT2D eigenvalue weighted by Crippen LogP contribution is -2.29. The van der Waals surface area contributed by atoms with Gasteiger partial charge in [-0.15, -0.1) is 0 Å². The van der Waals surface area contributed by atoms with E-state index in [0.717, 1.165) is 37.1 Å². The molecule has 5 heteroatoms. The van der Waals surface area contributed by atoms with Gasteiger partial charge in [-0.2, -0.15) is 0 Å². The molecule has 0 aliphatic heterocycles. The smallest absolute Gasteiger partial charge is 0.152 e. The Morgan fingerprint density at radius 1 is 1.14 bits per heavy atom. The summed E-state index contributed by atoms with van der Waals surface area (Å²) in [6, 6.07) is 7.42. The standard InChI is InChI=1S/C16H27NO3S/c1-4-6-7-12-21(18,19)13-16(17-5-2)14-8-10-15(20-3)11-9-14/h8-11,16-17H,4-7,12-13H2,1-3H3. The van der Waals surface area contributed by atoms with Crippen molar-refractivity contribution in [1.82, 2.24) is 5.32 Å². The minimum absolute atomic E-state index is 0.150. The Hall–Kier alpha value is -1.07. The van der Waals surface area contributed by atoms with Crippen LogP contribution in [0.25, 0.3) is 0 Å². The quantitative estimate of drug-likeness (QED) is 0.675. The van der Waals surface area contributed by atoms with Crippen LogP contribution in [-0.4, -0.2) is 33.6 Å². The molecule has 0 amide bonds. The molecule has 0 saturated heterocycles. The Balaban J connectivity index is 2.76. The van der Waals surface area contributed by atoms with Gasteiger partial charge in [-0.3, -0.25) is 0 Å². The Bertz CT molecular complexity index is 497. The largest absolute Gasteiger partial charge is 0.497 e. The number of nitrogens with one attached hydrogen (secondary N) is 1. The number of methoxy groups -OCH3 is 1. The third-order valence-corrected chi connectivity index (χ3v) is 5.20. The van der Waals surface area contributed by atoms with Gasteiger partial charge >= 0.3 is 0 Å². The molecule has 1 N–H and O–H groups in total. The van der Waals surface area contributed by atoms with Crippen molar-refractivity contribution in [3.05, 3.63) is 29.8 Å². The van der Waals surface area contributed by atoms with Crippen molar-refractivity contribution in [1.29, 1.82) is 0 Å². The van der Waals surface area contributed by atoms with Crippen LogP contribution in [0, 0.1) is 0 Å². The molecule has 0 aliphatic rings. The van der Waals surface area contributed by atoms with Crippen molar-refractivity contribution >= 4 is 9.84 Å². The zero-order chi connectivity index (χ0) is 15.7. The zero-order valence-electron chi connectivity index (χ0n) is 13.3. The van der Waals surface area contributed by atoms with Crippen molar-refractivity contribution in [2.45, 2.75) is 39.2 Å². The van der Waals surface area contributed by atoms with Crippen LogP contribution in [0.4, 0.5) is 0 Å². The molecule has 0 saturated carbocycles. The lowest BCUT2D eigenvalue weighted by molar-refractivity contribution is 0.414. The summed E-state index contributed by atoms with van der Waals surface area (Å²) in [6.45, 7) is 4.80. The van der Waals surface area contributed by atoms with Gasteiger partial charge in [0, 0.05) is 6.04 Å². The molecule has 0 heterocycles. The lowest BCUT2D eigenvalue weighted by Gasteiger charge is -2.19. The molecule has 0 spiro atoms. The summed E-state index contributed by atoms with van der Waals surface area (Å²) in [6.07, 6.45) is 2.75. The molecule has 0 aromatic heterocycles. The summed E-state index contributed by atoms with van der Waals surface area (Å²) in [7, 11) is -1.41. The molecule has 1 unspecified atom stereocenters. The first-order chi connectivity index (χ1) is 10.0. The Morgan fingerprint density at radius 3 is 2.33 bits per heavy atom. The SMILES string of the molecule is CCCCCS(=O)(=O)CC(NCC)c1ccc(OC)cc1. The van der Waals surface area contributed by atoms with Crippen LogP contribution >= 0.6 is 0 Å². The minimum atomic E-state index is -3.03. The highest BCUT2D eigenvalue weighted by atomic mass is 32.2. The first-order valence-electron chi connectivity index (χ1n) is 7.60. The predicted molar refractivity (Wildman–Crippen MR) is 87.6 cm³/mol. The summed E-state index contributed by atoms with van der Waals surface area (Å²) in [5.41, 5.74) is 0.983. The number of hydrogen-bond donors (Lipinski definition) is 1. The molecule has 1 aromatic carbocycles. The van der Waals surface area contributed by atoms with Gasteiger partial charge < -0.3 is 10.1 Å². The number of sulfone groups is 1. The van der Waals surface area contributed by atoms with Gasteiger partial charge in [0.15, 0.2) is 9.84 Å². The first-order valence-corrected chi connectivity index (χ1v) is 9.42. The van der Waals surface area contributed by atoms with E-state index in [1.165, 1.54) is 0 Å². The Labute approximate surface area is 128 Å². The predicted octanol–water partition coefficient (Wildman–Crippen LogP) is 2.95. The van der Waals surface area contributed by atoms with Gasteiger partial charge in [0.1, 0.15) is 5.75 Å². The molecule has 1 atom stereocenters. The summed E-state index contributed by atoms with van der Waals surface area (Å²) in [4.78, 5) is 0. The number of benzene rings is 1. The molecule has 120 valence electrons. The van der Waals surface area contributed by atoms with Crippen molar-refractivity contribution < 1.29 is 13.2 Å². The summed E-state index contributed by atoms with van der Waals surface area (Å²) >= 11 is 0. The lowest BCUT2D eigenvalue weighted by atomic mass is 10.1. The number of ether oxygens (including phenoxy) is 1. The second-order valence-corrected chi connectivity index (χ2v) is 7.43. The fourth-order valence-electron chi connectivity index (χ4n) is 2.26. The van der Waals surface area contributed by atoms with Gasteiger partial charge in [0.2, 0.25) is 0 Å².